The molecule has 6 atom stereocenters. The Balaban J connectivity index is 1.18. The number of alkyl carbamates (subject to hydrolysis) is 1. The maximum Gasteiger partial charge on any atom is 0.408 e. The van der Waals surface area contributed by atoms with E-state index in [2.05, 4.69) is 11.4 Å². The van der Waals surface area contributed by atoms with Crippen molar-refractivity contribution in [2.24, 2.45) is 17.8 Å². The SMILES string of the molecule is CC(C)(C)OC(=O)N[C@@H]1[C@H](OCc2ccccc2)[C@H](OC23CC4CC(CC(C4)C2)C3)O[C@@H]2CO[C@@H](Cc3ccccc3C#N)O[C@@H]12. The van der Waals surface area contributed by atoms with Gasteiger partial charge in [-0.15, -0.1) is 0 Å². The molecule has 0 radical (unpaired) electrons. The van der Waals surface area contributed by atoms with E-state index in [-0.39, 0.29) is 12.2 Å². The summed E-state index contributed by atoms with van der Waals surface area (Å²) in [6, 6.07) is 19.0. The minimum absolute atomic E-state index is 0.253. The largest absolute Gasteiger partial charge is 0.444 e. The normalized spacial score (nSPS) is 36.4. The molecule has 2 aromatic rings. The molecule has 8 rings (SSSR count). The van der Waals surface area contributed by atoms with Gasteiger partial charge in [0.15, 0.2) is 12.6 Å². The molecule has 46 heavy (non-hydrogen) atoms. The van der Waals surface area contributed by atoms with E-state index in [0.717, 1.165) is 30.4 Å². The fraction of sp³-hybridized carbons (Fsp3) is 0.622. The third-order valence-corrected chi connectivity index (χ3v) is 10.2. The first-order chi connectivity index (χ1) is 22.1. The highest BCUT2D eigenvalue weighted by atomic mass is 16.8. The molecule has 1 N–H and O–H groups in total. The highest BCUT2D eigenvalue weighted by Gasteiger charge is 2.57. The van der Waals surface area contributed by atoms with Crippen molar-refractivity contribution in [3.63, 3.8) is 0 Å². The Kier molecular flexibility index (Phi) is 8.85. The average molecular weight is 631 g/mol. The number of nitrogens with zero attached hydrogens (tertiary/aromatic N) is 1. The number of carbonyl (C=O) groups excluding carboxylic acids is 1. The number of hydrogen-bond acceptors (Lipinski definition) is 8. The molecule has 2 aromatic carbocycles. The zero-order valence-electron chi connectivity index (χ0n) is 27.1. The smallest absolute Gasteiger partial charge is 0.408 e. The van der Waals surface area contributed by atoms with Gasteiger partial charge < -0.3 is 33.7 Å². The molecule has 1 amide bonds. The first-order valence-electron chi connectivity index (χ1n) is 16.9. The van der Waals surface area contributed by atoms with Gasteiger partial charge in [-0.2, -0.15) is 5.26 Å². The standard InChI is InChI=1S/C37H46N2O7/c1-36(2,3)46-35(40)39-31-32-29(22-41-30(44-32)16-27-11-7-8-12-28(27)20-38)43-34(33(31)42-21-23-9-5-4-6-10-23)45-37-17-24-13-25(18-37)15-26(14-24)19-37/h4-12,24-26,29-34H,13-19,21-22H2,1-3H3,(H,39,40)/t24?,25?,26?,29-,30-,31+,32-,33+,34+,37?/m1/s1. The van der Waals surface area contributed by atoms with Crippen LogP contribution in [0.3, 0.4) is 0 Å². The van der Waals surface area contributed by atoms with Gasteiger partial charge in [-0.05, 0) is 94.2 Å². The lowest BCUT2D eigenvalue weighted by atomic mass is 9.54. The summed E-state index contributed by atoms with van der Waals surface area (Å²) in [7, 11) is 0. The first-order valence-corrected chi connectivity index (χ1v) is 16.9. The van der Waals surface area contributed by atoms with Crippen LogP contribution in [0.4, 0.5) is 4.79 Å². The Morgan fingerprint density at radius 1 is 0.978 bits per heavy atom. The maximum absolute atomic E-state index is 13.4. The molecule has 2 saturated heterocycles. The zero-order chi connectivity index (χ0) is 31.9. The molecule has 2 heterocycles. The summed E-state index contributed by atoms with van der Waals surface area (Å²) in [4.78, 5) is 13.4. The molecular formula is C37H46N2O7. The lowest BCUT2D eigenvalue weighted by molar-refractivity contribution is -0.369. The van der Waals surface area contributed by atoms with Crippen LogP contribution in [0, 0.1) is 29.1 Å². The number of rotatable bonds is 8. The second-order valence-electron chi connectivity index (χ2n) is 15.0. The van der Waals surface area contributed by atoms with Gasteiger partial charge in [0.05, 0.1) is 36.5 Å². The number of hydrogen-bond donors (Lipinski definition) is 1. The van der Waals surface area contributed by atoms with Gasteiger partial charge in [0, 0.05) is 6.42 Å². The molecule has 4 aliphatic carbocycles. The molecule has 4 bridgehead atoms. The van der Waals surface area contributed by atoms with Crippen LogP contribution < -0.4 is 5.32 Å². The number of nitriles is 1. The van der Waals surface area contributed by atoms with Crippen LogP contribution in [-0.4, -0.2) is 60.8 Å². The number of nitrogens with one attached hydrogen (secondary N) is 1. The van der Waals surface area contributed by atoms with E-state index in [1.54, 1.807) is 6.07 Å². The fourth-order valence-electron chi connectivity index (χ4n) is 8.81. The molecule has 9 heteroatoms. The minimum Gasteiger partial charge on any atom is -0.444 e. The monoisotopic (exact) mass is 630 g/mol. The Morgan fingerprint density at radius 3 is 2.33 bits per heavy atom. The summed E-state index contributed by atoms with van der Waals surface area (Å²) < 4.78 is 39.1. The van der Waals surface area contributed by atoms with Crippen LogP contribution in [0.1, 0.15) is 76.0 Å². The van der Waals surface area contributed by atoms with E-state index in [9.17, 15) is 10.1 Å². The topological polar surface area (TPSA) is 108 Å². The van der Waals surface area contributed by atoms with Gasteiger partial charge in [0.25, 0.3) is 0 Å². The van der Waals surface area contributed by atoms with Crippen LogP contribution in [0.5, 0.6) is 0 Å². The Morgan fingerprint density at radius 2 is 1.65 bits per heavy atom. The van der Waals surface area contributed by atoms with Gasteiger partial charge in [-0.1, -0.05) is 48.5 Å². The van der Waals surface area contributed by atoms with Gasteiger partial charge in [0.1, 0.15) is 23.9 Å². The third-order valence-electron chi connectivity index (χ3n) is 10.2. The van der Waals surface area contributed by atoms with Crippen molar-refractivity contribution in [3.05, 3.63) is 71.3 Å². The number of ether oxygens (including phenoxy) is 6. The molecule has 246 valence electrons. The second-order valence-corrected chi connectivity index (χ2v) is 15.0. The lowest BCUT2D eigenvalue weighted by Crippen LogP contribution is -2.70. The summed E-state index contributed by atoms with van der Waals surface area (Å²) in [5.41, 5.74) is 1.48. The van der Waals surface area contributed by atoms with Crippen LogP contribution in [0.2, 0.25) is 0 Å². The molecule has 6 fully saturated rings. The molecule has 6 aliphatic rings. The summed E-state index contributed by atoms with van der Waals surface area (Å²) in [5.74, 6) is 2.08. The van der Waals surface area contributed by atoms with Crippen LogP contribution in [0.25, 0.3) is 0 Å². The van der Waals surface area contributed by atoms with Gasteiger partial charge in [-0.3, -0.25) is 0 Å². The first kappa shape index (κ1) is 31.6. The van der Waals surface area contributed by atoms with E-state index < -0.39 is 48.6 Å². The summed E-state index contributed by atoms with van der Waals surface area (Å²) in [6.45, 7) is 6.09. The number of fused-ring (bicyclic) bond motifs is 1. The molecule has 9 nitrogen and oxygen atoms in total. The lowest BCUT2D eigenvalue weighted by Gasteiger charge is -2.58. The van der Waals surface area contributed by atoms with Crippen molar-refractivity contribution in [1.29, 1.82) is 5.26 Å². The van der Waals surface area contributed by atoms with Gasteiger partial charge >= 0.3 is 6.09 Å². The van der Waals surface area contributed by atoms with Crippen molar-refractivity contribution >= 4 is 6.09 Å². The van der Waals surface area contributed by atoms with E-state index in [1.807, 2.05) is 69.3 Å². The van der Waals surface area contributed by atoms with E-state index in [4.69, 9.17) is 28.4 Å². The van der Waals surface area contributed by atoms with Crippen LogP contribution >= 0.6 is 0 Å². The molecule has 0 aromatic heterocycles. The molecule has 0 unspecified atom stereocenters. The summed E-state index contributed by atoms with van der Waals surface area (Å²) in [5, 5.41) is 12.8. The van der Waals surface area contributed by atoms with E-state index >= 15 is 0 Å². The second kappa shape index (κ2) is 12.9. The van der Waals surface area contributed by atoms with Crippen molar-refractivity contribution in [2.45, 2.75) is 120 Å². The number of carbonyl (C=O) groups is 1. The van der Waals surface area contributed by atoms with Crippen molar-refractivity contribution < 1.29 is 33.2 Å². The predicted octanol–water partition coefficient (Wildman–Crippen LogP) is 6.03. The maximum atomic E-state index is 13.4. The molecule has 4 saturated carbocycles. The van der Waals surface area contributed by atoms with Crippen molar-refractivity contribution in [2.75, 3.05) is 6.61 Å². The average Bonchev–Trinajstić information content (AvgIpc) is 3.00. The molecule has 2 aliphatic heterocycles. The van der Waals surface area contributed by atoms with Gasteiger partial charge in [0.2, 0.25) is 0 Å². The predicted molar refractivity (Wildman–Crippen MR) is 168 cm³/mol. The van der Waals surface area contributed by atoms with E-state index in [0.29, 0.717) is 36.3 Å². The van der Waals surface area contributed by atoms with Crippen molar-refractivity contribution in [3.8, 4) is 6.07 Å². The summed E-state index contributed by atoms with van der Waals surface area (Å²) in [6.07, 6.45) is 3.69. The number of amides is 1. The number of benzene rings is 2. The highest BCUT2D eigenvalue weighted by molar-refractivity contribution is 5.68. The quantitative estimate of drug-likeness (QED) is 0.377. The minimum atomic E-state index is -0.732. The van der Waals surface area contributed by atoms with Crippen LogP contribution in [-0.2, 0) is 41.4 Å². The summed E-state index contributed by atoms with van der Waals surface area (Å²) >= 11 is 0. The fourth-order valence-corrected chi connectivity index (χ4v) is 8.81. The van der Waals surface area contributed by atoms with E-state index in [1.165, 1.54) is 19.3 Å². The highest BCUT2D eigenvalue weighted by Crippen LogP contribution is 2.58. The molecule has 0 spiro atoms. The Bertz CT molecular complexity index is 1380. The molecular weight excluding hydrogens is 584 g/mol. The Hall–Kier alpha value is -3.00. The zero-order valence-corrected chi connectivity index (χ0v) is 27.1. The third kappa shape index (κ3) is 6.97. The van der Waals surface area contributed by atoms with Crippen LogP contribution in [0.15, 0.2) is 54.6 Å². The Labute approximate surface area is 271 Å². The van der Waals surface area contributed by atoms with Crippen molar-refractivity contribution in [1.82, 2.24) is 5.32 Å². The van der Waals surface area contributed by atoms with Gasteiger partial charge in [-0.25, -0.2) is 4.79 Å².